The molecule has 0 aliphatic rings. The van der Waals surface area contributed by atoms with Crippen molar-refractivity contribution >= 4 is 18.2 Å². The predicted octanol–water partition coefficient (Wildman–Crippen LogP) is -3.63. The molecule has 0 aromatic carbocycles. The number of aldehydes is 1. The normalized spacial score (nSPS) is 14.1. The Morgan fingerprint density at radius 1 is 1.62 bits per heavy atom. The van der Waals surface area contributed by atoms with E-state index in [1.807, 2.05) is 0 Å². The van der Waals surface area contributed by atoms with E-state index < -0.39 is 24.1 Å². The monoisotopic (exact) mass is 191 g/mol. The van der Waals surface area contributed by atoms with Gasteiger partial charge in [0.25, 0.3) is 5.72 Å². The van der Waals surface area contributed by atoms with Crippen LogP contribution < -0.4 is 16.9 Å². The molecule has 0 radical (unpaired) electrons. The van der Waals surface area contributed by atoms with Crippen LogP contribution in [0.4, 0.5) is 0 Å². The minimum absolute atomic E-state index is 0.226. The van der Waals surface area contributed by atoms with Crippen molar-refractivity contribution in [1.82, 2.24) is 5.32 Å². The van der Waals surface area contributed by atoms with Gasteiger partial charge in [-0.25, -0.2) is 4.79 Å². The molecule has 1 unspecified atom stereocenters. The van der Waals surface area contributed by atoms with E-state index in [1.54, 1.807) is 5.32 Å². The number of nitrogens with one attached hydrogen (secondary N) is 1. The van der Waals surface area contributed by atoms with Crippen LogP contribution in [0.5, 0.6) is 0 Å². The Labute approximate surface area is 72.8 Å². The summed E-state index contributed by atoms with van der Waals surface area (Å²) >= 11 is 0. The number of amides is 1. The van der Waals surface area contributed by atoms with Crippen molar-refractivity contribution in [2.45, 2.75) is 5.72 Å². The summed E-state index contributed by atoms with van der Waals surface area (Å²) in [5.41, 5.74) is 2.08. The van der Waals surface area contributed by atoms with Crippen LogP contribution >= 0.6 is 0 Å². The van der Waals surface area contributed by atoms with Gasteiger partial charge in [-0.2, -0.15) is 5.90 Å². The highest BCUT2D eigenvalue weighted by molar-refractivity contribution is 5.99. The first-order valence-corrected chi connectivity index (χ1v) is 3.11. The SMILES string of the molecule is NCC(=O)NC(O)(C=O)C(=O)ON. The van der Waals surface area contributed by atoms with Crippen molar-refractivity contribution in [2.75, 3.05) is 6.54 Å². The van der Waals surface area contributed by atoms with Crippen molar-refractivity contribution < 1.29 is 24.3 Å². The molecule has 0 saturated heterocycles. The van der Waals surface area contributed by atoms with Gasteiger partial charge in [0.1, 0.15) is 0 Å². The van der Waals surface area contributed by atoms with E-state index in [0.29, 0.717) is 0 Å². The third kappa shape index (κ3) is 2.78. The fourth-order valence-electron chi connectivity index (χ4n) is 0.482. The molecule has 0 spiro atoms. The Morgan fingerprint density at radius 2 is 2.15 bits per heavy atom. The van der Waals surface area contributed by atoms with Gasteiger partial charge in [0.15, 0.2) is 6.29 Å². The second-order valence-corrected chi connectivity index (χ2v) is 2.04. The molecule has 0 rings (SSSR count). The summed E-state index contributed by atoms with van der Waals surface area (Å²) in [7, 11) is 0. The zero-order valence-electron chi connectivity index (χ0n) is 6.52. The molecule has 0 aliphatic carbocycles. The molecule has 0 bridgehead atoms. The molecule has 0 saturated carbocycles. The summed E-state index contributed by atoms with van der Waals surface area (Å²) in [6.07, 6.45) is -0.226. The van der Waals surface area contributed by atoms with Crippen LogP contribution in [0.2, 0.25) is 0 Å². The van der Waals surface area contributed by atoms with Crippen molar-refractivity contribution in [2.24, 2.45) is 11.6 Å². The predicted molar refractivity (Wildman–Crippen MR) is 38.5 cm³/mol. The Kier molecular flexibility index (Phi) is 3.98. The van der Waals surface area contributed by atoms with Crippen molar-refractivity contribution in [3.63, 3.8) is 0 Å². The summed E-state index contributed by atoms with van der Waals surface area (Å²) in [4.78, 5) is 35.0. The third-order valence-corrected chi connectivity index (χ3v) is 1.10. The van der Waals surface area contributed by atoms with Gasteiger partial charge in [0.05, 0.1) is 6.54 Å². The number of hydrogen-bond donors (Lipinski definition) is 4. The second kappa shape index (κ2) is 4.50. The van der Waals surface area contributed by atoms with Crippen LogP contribution in [0.3, 0.4) is 0 Å². The van der Waals surface area contributed by atoms with Gasteiger partial charge in [-0.3, -0.25) is 9.59 Å². The first kappa shape index (κ1) is 11.5. The highest BCUT2D eigenvalue weighted by Crippen LogP contribution is 1.96. The van der Waals surface area contributed by atoms with E-state index in [4.69, 9.17) is 10.8 Å². The number of carbonyl (C=O) groups excluding carboxylic acids is 3. The number of aliphatic hydroxyl groups is 1. The quantitative estimate of drug-likeness (QED) is 0.155. The van der Waals surface area contributed by atoms with E-state index in [2.05, 4.69) is 10.7 Å². The molecular formula is C5H9N3O5. The number of rotatable bonds is 4. The Morgan fingerprint density at radius 3 is 2.46 bits per heavy atom. The molecule has 0 aromatic heterocycles. The summed E-state index contributed by atoms with van der Waals surface area (Å²) in [5, 5.41) is 10.7. The molecule has 1 amide bonds. The topological polar surface area (TPSA) is 145 Å². The molecule has 0 fully saturated rings. The number of carbonyl (C=O) groups is 3. The van der Waals surface area contributed by atoms with Crippen LogP contribution in [-0.4, -0.2) is 35.5 Å². The first-order valence-electron chi connectivity index (χ1n) is 3.11. The lowest BCUT2D eigenvalue weighted by atomic mass is 10.2. The molecule has 8 nitrogen and oxygen atoms in total. The second-order valence-electron chi connectivity index (χ2n) is 2.04. The molecule has 0 heterocycles. The van der Waals surface area contributed by atoms with Gasteiger partial charge in [-0.15, -0.1) is 0 Å². The first-order chi connectivity index (χ1) is 6.00. The molecule has 0 aliphatic heterocycles. The van der Waals surface area contributed by atoms with Crippen molar-refractivity contribution in [1.29, 1.82) is 0 Å². The van der Waals surface area contributed by atoms with Gasteiger partial charge >= 0.3 is 5.97 Å². The number of hydrogen-bond acceptors (Lipinski definition) is 7. The van der Waals surface area contributed by atoms with E-state index in [1.165, 1.54) is 0 Å². The standard InChI is InChI=1S/C5H9N3O5/c6-1-3(10)8-5(12,2-9)4(11)13-7/h2,12H,1,6-7H2,(H,8,10). The molecule has 6 N–H and O–H groups in total. The molecule has 8 heteroatoms. The zero-order valence-corrected chi connectivity index (χ0v) is 6.52. The smallest absolute Gasteiger partial charge is 0.369 e. The summed E-state index contributed by atoms with van der Waals surface area (Å²) < 4.78 is 0. The average molecular weight is 191 g/mol. The van der Waals surface area contributed by atoms with Crippen LogP contribution in [-0.2, 0) is 19.2 Å². The largest absolute Gasteiger partial charge is 0.386 e. The number of nitrogens with two attached hydrogens (primary N) is 2. The Hall–Kier alpha value is -1.51. The van der Waals surface area contributed by atoms with E-state index in [-0.39, 0.29) is 6.29 Å². The van der Waals surface area contributed by atoms with Crippen LogP contribution in [0.25, 0.3) is 0 Å². The van der Waals surface area contributed by atoms with E-state index >= 15 is 0 Å². The third-order valence-electron chi connectivity index (χ3n) is 1.10. The van der Waals surface area contributed by atoms with Crippen molar-refractivity contribution in [3.8, 4) is 0 Å². The maximum absolute atomic E-state index is 10.6. The lowest BCUT2D eigenvalue weighted by Gasteiger charge is -2.18. The highest BCUT2D eigenvalue weighted by atomic mass is 16.7. The van der Waals surface area contributed by atoms with Gasteiger partial charge in [-0.1, -0.05) is 0 Å². The van der Waals surface area contributed by atoms with Crippen LogP contribution in [0, 0.1) is 0 Å². The Balaban J connectivity index is 4.54. The molecule has 0 aromatic rings. The fraction of sp³-hybridized carbons (Fsp3) is 0.400. The lowest BCUT2D eigenvalue weighted by Crippen LogP contribution is -2.58. The Bertz CT molecular complexity index is 230. The summed E-state index contributed by atoms with van der Waals surface area (Å²) in [6, 6.07) is 0. The maximum atomic E-state index is 10.6. The minimum Gasteiger partial charge on any atom is -0.369 e. The maximum Gasteiger partial charge on any atom is 0.386 e. The zero-order chi connectivity index (χ0) is 10.5. The molecule has 74 valence electrons. The van der Waals surface area contributed by atoms with Gasteiger partial charge in [0.2, 0.25) is 5.91 Å². The lowest BCUT2D eigenvalue weighted by molar-refractivity contribution is -0.172. The summed E-state index contributed by atoms with van der Waals surface area (Å²) in [6.45, 7) is -0.492. The molecule has 1 atom stereocenters. The highest BCUT2D eigenvalue weighted by Gasteiger charge is 2.39. The fourth-order valence-corrected chi connectivity index (χ4v) is 0.482. The minimum atomic E-state index is -2.77. The van der Waals surface area contributed by atoms with Gasteiger partial charge in [-0.05, 0) is 0 Å². The van der Waals surface area contributed by atoms with Crippen LogP contribution in [0.15, 0.2) is 0 Å². The van der Waals surface area contributed by atoms with Crippen LogP contribution in [0.1, 0.15) is 0 Å². The van der Waals surface area contributed by atoms with E-state index in [9.17, 15) is 14.4 Å². The van der Waals surface area contributed by atoms with Gasteiger partial charge in [0, 0.05) is 0 Å². The summed E-state index contributed by atoms with van der Waals surface area (Å²) in [5.74, 6) is 2.00. The molecular weight excluding hydrogens is 182 g/mol. The van der Waals surface area contributed by atoms with E-state index in [0.717, 1.165) is 0 Å². The van der Waals surface area contributed by atoms with Crippen molar-refractivity contribution in [3.05, 3.63) is 0 Å². The molecule has 13 heavy (non-hydrogen) atoms. The van der Waals surface area contributed by atoms with Gasteiger partial charge < -0.3 is 21.0 Å². The average Bonchev–Trinajstić information content (AvgIpc) is 2.15.